The molecule has 1 aromatic carbocycles. The number of rotatable bonds is 18. The third kappa shape index (κ3) is 11.9. The summed E-state index contributed by atoms with van der Waals surface area (Å²) in [5.41, 5.74) is 0. The number of carboxylic acids is 1. The molecule has 26 heteroatoms. The van der Waals surface area contributed by atoms with E-state index in [-0.39, 0.29) is 13.2 Å². The first-order chi connectivity index (χ1) is 29.9. The SMILES string of the molecule is COc1ccc(OCCO[C@@H]2O[C@H](CO)[C@H](O)[C@H](O[C@@H]3O[C@H](CO)[C@H](O)[C@H](O[C@@H]4O[C@H](C(=O)O)[C@@H](O)[C@H](O)[C@H]4O[C@@H]4O[C@H](CO)[C@@H](O)[C@H](O)[C@H]4NC(C)=O)[C@H]3O)[C@H]2NC(C)=O)cc1. The van der Waals surface area contributed by atoms with Crippen molar-refractivity contribution >= 4 is 17.8 Å². The standard InChI is InChI=1S/C37H56N2O24/c1-13(43)38-20-25(48)22(45)17(10-40)58-35(20)63-32-27(50)26(49)31(33(52)53)62-37(32)61-30-24(47)19(12-42)59-36(28(30)51)60-29-21(39-14(2)44)34(57-18(11-41)23(29)46)56-9-8-55-16-6-4-15(54-3)5-7-16/h4-7,17-32,34-37,40-42,45-51H,8-12H2,1-3H3,(H,38,43)(H,39,44)(H,52,53)/t17-,18-,19-,20-,21-,22-,23+,24+,25-,26+,27+,28-,29-,30+,31+,32-,34-,35+,36+,37-/m1/s1. The van der Waals surface area contributed by atoms with E-state index in [0.717, 1.165) is 13.8 Å². The Balaban J connectivity index is 1.39. The summed E-state index contributed by atoms with van der Waals surface area (Å²) in [6, 6.07) is 3.58. The van der Waals surface area contributed by atoms with E-state index < -0.39 is 160 Å². The molecule has 13 N–H and O–H groups in total. The zero-order chi connectivity index (χ0) is 46.3. The second-order valence-electron chi connectivity index (χ2n) is 15.0. The number of aliphatic carboxylic acids is 1. The Hall–Kier alpha value is -3.49. The van der Waals surface area contributed by atoms with Gasteiger partial charge in [0.1, 0.15) is 110 Å². The Morgan fingerprint density at radius 1 is 0.556 bits per heavy atom. The fraction of sp³-hybridized carbons (Fsp3) is 0.757. The van der Waals surface area contributed by atoms with E-state index in [1.54, 1.807) is 24.3 Å². The molecule has 20 atom stereocenters. The van der Waals surface area contributed by atoms with Gasteiger partial charge < -0.3 is 114 Å². The van der Waals surface area contributed by atoms with E-state index in [1.165, 1.54) is 7.11 Å². The van der Waals surface area contributed by atoms with Crippen LogP contribution in [0.2, 0.25) is 0 Å². The van der Waals surface area contributed by atoms with Crippen LogP contribution in [0.5, 0.6) is 11.5 Å². The lowest BCUT2D eigenvalue weighted by Crippen LogP contribution is -2.70. The predicted octanol–water partition coefficient (Wildman–Crippen LogP) is -7.26. The van der Waals surface area contributed by atoms with Crippen molar-refractivity contribution in [2.24, 2.45) is 0 Å². The molecular formula is C37H56N2O24. The highest BCUT2D eigenvalue weighted by atomic mass is 16.8. The lowest BCUT2D eigenvalue weighted by Gasteiger charge is -2.50. The summed E-state index contributed by atoms with van der Waals surface area (Å²) >= 11 is 0. The maximum atomic E-state index is 12.5. The molecule has 4 aliphatic rings. The average molecular weight is 913 g/mol. The Kier molecular flexibility index (Phi) is 18.1. The van der Waals surface area contributed by atoms with Crippen molar-refractivity contribution in [1.82, 2.24) is 10.6 Å². The van der Waals surface area contributed by atoms with Crippen LogP contribution in [0.4, 0.5) is 0 Å². The normalized spacial score (nSPS) is 40.7. The maximum Gasteiger partial charge on any atom is 0.335 e. The monoisotopic (exact) mass is 912 g/mol. The Morgan fingerprint density at radius 2 is 1.06 bits per heavy atom. The molecule has 0 bridgehead atoms. The Labute approximate surface area is 358 Å². The topological polar surface area (TPSA) is 390 Å². The second kappa shape index (κ2) is 22.6. The van der Waals surface area contributed by atoms with Gasteiger partial charge in [0.05, 0.1) is 33.5 Å². The van der Waals surface area contributed by atoms with Gasteiger partial charge in [-0.1, -0.05) is 0 Å². The van der Waals surface area contributed by atoms with Gasteiger partial charge in [-0.2, -0.15) is 0 Å². The third-order valence-electron chi connectivity index (χ3n) is 10.7. The number of hydrogen-bond acceptors (Lipinski definition) is 23. The van der Waals surface area contributed by atoms with E-state index in [9.17, 15) is 70.6 Å². The molecule has 1 aromatic rings. The van der Waals surface area contributed by atoms with E-state index in [4.69, 9.17) is 47.4 Å². The highest BCUT2D eigenvalue weighted by Gasteiger charge is 2.57. The van der Waals surface area contributed by atoms with E-state index in [1.807, 2.05) is 0 Å². The van der Waals surface area contributed by atoms with E-state index >= 15 is 0 Å². The highest BCUT2D eigenvalue weighted by molar-refractivity contribution is 5.74. The number of carboxylic acid groups (broad SMARTS) is 1. The van der Waals surface area contributed by atoms with Crippen molar-refractivity contribution in [1.29, 1.82) is 0 Å². The van der Waals surface area contributed by atoms with Crippen molar-refractivity contribution in [3.63, 3.8) is 0 Å². The molecule has 0 aromatic heterocycles. The fourth-order valence-corrected chi connectivity index (χ4v) is 7.43. The summed E-state index contributed by atoms with van der Waals surface area (Å²) < 4.78 is 56.8. The number of aliphatic hydroxyl groups is 10. The summed E-state index contributed by atoms with van der Waals surface area (Å²) in [5, 5.41) is 122. The molecule has 4 saturated heterocycles. The van der Waals surface area contributed by atoms with Crippen LogP contribution >= 0.6 is 0 Å². The van der Waals surface area contributed by atoms with Crippen LogP contribution in [0, 0.1) is 0 Å². The smallest absolute Gasteiger partial charge is 0.335 e. The van der Waals surface area contributed by atoms with Crippen LogP contribution in [0.25, 0.3) is 0 Å². The lowest BCUT2D eigenvalue weighted by atomic mass is 9.94. The third-order valence-corrected chi connectivity index (χ3v) is 10.7. The van der Waals surface area contributed by atoms with Gasteiger partial charge in [-0.25, -0.2) is 4.79 Å². The predicted molar refractivity (Wildman–Crippen MR) is 200 cm³/mol. The van der Waals surface area contributed by atoms with Gasteiger partial charge in [-0.15, -0.1) is 0 Å². The molecule has 4 fully saturated rings. The zero-order valence-electron chi connectivity index (χ0n) is 34.1. The van der Waals surface area contributed by atoms with Gasteiger partial charge in [0.15, 0.2) is 31.3 Å². The van der Waals surface area contributed by atoms with Crippen LogP contribution in [0.3, 0.4) is 0 Å². The summed E-state index contributed by atoms with van der Waals surface area (Å²) in [7, 11) is 1.50. The molecule has 5 rings (SSSR count). The van der Waals surface area contributed by atoms with E-state index in [2.05, 4.69) is 10.6 Å². The number of methoxy groups -OCH3 is 1. The highest BCUT2D eigenvalue weighted by Crippen LogP contribution is 2.35. The number of aliphatic hydroxyl groups excluding tert-OH is 10. The van der Waals surface area contributed by atoms with E-state index in [0.29, 0.717) is 11.5 Å². The van der Waals surface area contributed by atoms with Gasteiger partial charge in [0.2, 0.25) is 11.8 Å². The fourth-order valence-electron chi connectivity index (χ4n) is 7.43. The number of carbonyl (C=O) groups excluding carboxylic acids is 2. The van der Waals surface area contributed by atoms with Crippen molar-refractivity contribution < 1.29 is 118 Å². The molecular weight excluding hydrogens is 856 g/mol. The first-order valence-corrected chi connectivity index (χ1v) is 19.8. The Morgan fingerprint density at radius 3 is 1.63 bits per heavy atom. The molecule has 358 valence electrons. The molecule has 2 amide bonds. The van der Waals surface area contributed by atoms with Crippen LogP contribution < -0.4 is 20.1 Å². The quantitative estimate of drug-likeness (QED) is 0.0609. The zero-order valence-corrected chi connectivity index (χ0v) is 34.1. The summed E-state index contributed by atoms with van der Waals surface area (Å²) in [4.78, 5) is 36.6. The maximum absolute atomic E-state index is 12.5. The molecule has 4 aliphatic heterocycles. The second-order valence-corrected chi connectivity index (χ2v) is 15.0. The van der Waals surface area contributed by atoms with Crippen LogP contribution in [-0.2, 0) is 52.3 Å². The number of carbonyl (C=O) groups is 3. The lowest BCUT2D eigenvalue weighted by molar-refractivity contribution is -0.386. The minimum absolute atomic E-state index is 0.0515. The summed E-state index contributed by atoms with van der Waals surface area (Å²) in [5.74, 6) is -2.21. The van der Waals surface area contributed by atoms with Gasteiger partial charge >= 0.3 is 5.97 Å². The van der Waals surface area contributed by atoms with Crippen LogP contribution in [-0.4, -0.2) is 237 Å². The van der Waals surface area contributed by atoms with Crippen molar-refractivity contribution in [3.8, 4) is 11.5 Å². The first-order valence-electron chi connectivity index (χ1n) is 19.8. The molecule has 4 heterocycles. The molecule has 0 spiro atoms. The molecule has 0 aliphatic carbocycles. The number of nitrogens with one attached hydrogen (secondary N) is 2. The van der Waals surface area contributed by atoms with Crippen molar-refractivity contribution in [3.05, 3.63) is 24.3 Å². The van der Waals surface area contributed by atoms with Gasteiger partial charge in [0.25, 0.3) is 0 Å². The molecule has 0 radical (unpaired) electrons. The van der Waals surface area contributed by atoms with Gasteiger partial charge in [-0.05, 0) is 24.3 Å². The summed E-state index contributed by atoms with van der Waals surface area (Å²) in [6.07, 6.45) is -34.4. The minimum atomic E-state index is -2.26. The van der Waals surface area contributed by atoms with Gasteiger partial charge in [-0.3, -0.25) is 9.59 Å². The number of benzene rings is 1. The van der Waals surface area contributed by atoms with Crippen LogP contribution in [0.1, 0.15) is 13.8 Å². The average Bonchev–Trinajstić information content (AvgIpc) is 3.25. The Bertz CT molecular complexity index is 1630. The van der Waals surface area contributed by atoms with Gasteiger partial charge in [0, 0.05) is 13.8 Å². The minimum Gasteiger partial charge on any atom is -0.497 e. The molecule has 0 saturated carbocycles. The number of ether oxygens (including phenoxy) is 10. The number of amides is 2. The van der Waals surface area contributed by atoms with Crippen LogP contribution in [0.15, 0.2) is 24.3 Å². The molecule has 0 unspecified atom stereocenters. The molecule has 26 nitrogen and oxygen atoms in total. The number of hydrogen-bond donors (Lipinski definition) is 13. The first kappa shape index (κ1) is 50.5. The van der Waals surface area contributed by atoms with Crippen molar-refractivity contribution in [2.45, 2.75) is 137 Å². The largest absolute Gasteiger partial charge is 0.497 e. The molecule has 63 heavy (non-hydrogen) atoms. The van der Waals surface area contributed by atoms with Crippen molar-refractivity contribution in [2.75, 3.05) is 40.1 Å². The summed E-state index contributed by atoms with van der Waals surface area (Å²) in [6.45, 7) is -0.746.